The Balaban J connectivity index is 2.46. The molecule has 1 aliphatic rings. The number of likely N-dealkylation sites (N-methyl/N-ethyl adjacent to an activating group) is 1. The van der Waals surface area contributed by atoms with Crippen LogP contribution in [0.25, 0.3) is 0 Å². The SMILES string of the molecule is CN1CCCN(CCO)C(=O)C1. The van der Waals surface area contributed by atoms with Crippen LogP contribution in [-0.4, -0.2) is 60.6 Å². The lowest BCUT2D eigenvalue weighted by Crippen LogP contribution is -2.37. The van der Waals surface area contributed by atoms with Gasteiger partial charge in [-0.25, -0.2) is 0 Å². The molecule has 12 heavy (non-hydrogen) atoms. The summed E-state index contributed by atoms with van der Waals surface area (Å²) < 4.78 is 0. The van der Waals surface area contributed by atoms with Crippen molar-refractivity contribution in [1.82, 2.24) is 9.80 Å². The van der Waals surface area contributed by atoms with E-state index in [0.717, 1.165) is 19.5 Å². The van der Waals surface area contributed by atoms with Crippen LogP contribution in [0.2, 0.25) is 0 Å². The molecule has 0 aromatic heterocycles. The van der Waals surface area contributed by atoms with Crippen LogP contribution in [0.5, 0.6) is 0 Å². The first-order valence-electron chi connectivity index (χ1n) is 4.31. The highest BCUT2D eigenvalue weighted by molar-refractivity contribution is 5.78. The summed E-state index contributed by atoms with van der Waals surface area (Å²) in [6.07, 6.45) is 1.00. The maximum Gasteiger partial charge on any atom is 0.236 e. The van der Waals surface area contributed by atoms with Gasteiger partial charge in [-0.3, -0.25) is 9.69 Å². The molecule has 4 nitrogen and oxygen atoms in total. The van der Waals surface area contributed by atoms with Crippen molar-refractivity contribution in [2.45, 2.75) is 6.42 Å². The summed E-state index contributed by atoms with van der Waals surface area (Å²) in [5.41, 5.74) is 0. The Kier molecular flexibility index (Phi) is 3.49. The van der Waals surface area contributed by atoms with E-state index in [2.05, 4.69) is 0 Å². The van der Waals surface area contributed by atoms with Gasteiger partial charge < -0.3 is 10.0 Å². The van der Waals surface area contributed by atoms with E-state index in [-0.39, 0.29) is 12.5 Å². The molecule has 0 aromatic rings. The molecule has 1 fully saturated rings. The van der Waals surface area contributed by atoms with Crippen LogP contribution in [0, 0.1) is 0 Å². The van der Waals surface area contributed by atoms with Crippen molar-refractivity contribution in [2.75, 3.05) is 39.8 Å². The summed E-state index contributed by atoms with van der Waals surface area (Å²) in [7, 11) is 1.94. The molecular formula is C8H16N2O2. The molecule has 1 saturated heterocycles. The van der Waals surface area contributed by atoms with E-state index in [1.165, 1.54) is 0 Å². The van der Waals surface area contributed by atoms with Gasteiger partial charge in [0.15, 0.2) is 0 Å². The van der Waals surface area contributed by atoms with E-state index in [9.17, 15) is 4.79 Å². The summed E-state index contributed by atoms with van der Waals surface area (Å²) in [6.45, 7) is 2.78. The van der Waals surface area contributed by atoms with Crippen molar-refractivity contribution < 1.29 is 9.90 Å². The fourth-order valence-corrected chi connectivity index (χ4v) is 1.42. The minimum absolute atomic E-state index is 0.0649. The zero-order valence-electron chi connectivity index (χ0n) is 7.49. The highest BCUT2D eigenvalue weighted by Gasteiger charge is 2.18. The summed E-state index contributed by atoms with van der Waals surface area (Å²) in [5, 5.41) is 8.69. The fraction of sp³-hybridized carbons (Fsp3) is 0.875. The van der Waals surface area contributed by atoms with Crippen molar-refractivity contribution in [2.24, 2.45) is 0 Å². The van der Waals surface area contributed by atoms with Crippen molar-refractivity contribution in [1.29, 1.82) is 0 Å². The topological polar surface area (TPSA) is 43.8 Å². The van der Waals surface area contributed by atoms with Crippen molar-refractivity contribution in [3.05, 3.63) is 0 Å². The molecule has 0 unspecified atom stereocenters. The Morgan fingerprint density at radius 3 is 2.92 bits per heavy atom. The molecule has 1 heterocycles. The maximum atomic E-state index is 11.4. The van der Waals surface area contributed by atoms with Crippen LogP contribution in [0.1, 0.15) is 6.42 Å². The molecule has 1 aliphatic heterocycles. The normalized spacial score (nSPS) is 21.2. The molecule has 0 aliphatic carbocycles. The monoisotopic (exact) mass is 172 g/mol. The molecule has 0 saturated carbocycles. The number of aliphatic hydroxyl groups excluding tert-OH is 1. The Labute approximate surface area is 72.8 Å². The van der Waals surface area contributed by atoms with Crippen molar-refractivity contribution in [3.8, 4) is 0 Å². The summed E-state index contributed by atoms with van der Waals surface area (Å²) in [5.74, 6) is 0.129. The average molecular weight is 172 g/mol. The second-order valence-electron chi connectivity index (χ2n) is 3.20. The lowest BCUT2D eigenvalue weighted by Gasteiger charge is -2.18. The first-order chi connectivity index (χ1) is 5.74. The molecule has 1 amide bonds. The number of carbonyl (C=O) groups excluding carboxylic acids is 1. The third kappa shape index (κ3) is 2.46. The second kappa shape index (κ2) is 4.42. The van der Waals surface area contributed by atoms with Crippen LogP contribution in [0.4, 0.5) is 0 Å². The molecule has 0 radical (unpaired) electrons. The van der Waals surface area contributed by atoms with E-state index >= 15 is 0 Å². The summed E-state index contributed by atoms with van der Waals surface area (Å²) in [4.78, 5) is 15.1. The van der Waals surface area contributed by atoms with Crippen molar-refractivity contribution in [3.63, 3.8) is 0 Å². The molecule has 1 N–H and O–H groups in total. The number of rotatable bonds is 2. The molecular weight excluding hydrogens is 156 g/mol. The van der Waals surface area contributed by atoms with Crippen LogP contribution < -0.4 is 0 Å². The molecule has 4 heteroatoms. The lowest BCUT2D eigenvalue weighted by atomic mass is 10.4. The van der Waals surface area contributed by atoms with Gasteiger partial charge in [-0.1, -0.05) is 0 Å². The van der Waals surface area contributed by atoms with Crippen LogP contribution in [0.3, 0.4) is 0 Å². The zero-order chi connectivity index (χ0) is 8.97. The number of aliphatic hydroxyl groups is 1. The molecule has 70 valence electrons. The summed E-state index contributed by atoms with van der Waals surface area (Å²) >= 11 is 0. The number of hydrogen-bond donors (Lipinski definition) is 1. The van der Waals surface area contributed by atoms with E-state index < -0.39 is 0 Å². The highest BCUT2D eigenvalue weighted by Crippen LogP contribution is 2.01. The van der Waals surface area contributed by atoms with E-state index in [0.29, 0.717) is 13.1 Å². The first kappa shape index (κ1) is 9.48. The zero-order valence-corrected chi connectivity index (χ0v) is 7.49. The molecule has 1 rings (SSSR count). The minimum atomic E-state index is 0.0649. The quantitative estimate of drug-likeness (QED) is 0.589. The van der Waals surface area contributed by atoms with E-state index in [4.69, 9.17) is 5.11 Å². The number of nitrogens with zero attached hydrogens (tertiary/aromatic N) is 2. The van der Waals surface area contributed by atoms with Gasteiger partial charge in [-0.15, -0.1) is 0 Å². The predicted octanol–water partition coefficient (Wildman–Crippen LogP) is -0.857. The lowest BCUT2D eigenvalue weighted by molar-refractivity contribution is -0.131. The van der Waals surface area contributed by atoms with Crippen LogP contribution >= 0.6 is 0 Å². The fourth-order valence-electron chi connectivity index (χ4n) is 1.42. The number of hydrogen-bond acceptors (Lipinski definition) is 3. The summed E-state index contributed by atoms with van der Waals surface area (Å²) in [6, 6.07) is 0. The Bertz CT molecular complexity index is 161. The van der Waals surface area contributed by atoms with Crippen molar-refractivity contribution >= 4 is 5.91 Å². The number of β-amino-alcohol motifs (C(OH)–C–C–N with tert-alkyl or cyclic N) is 1. The van der Waals surface area contributed by atoms with E-state index in [1.807, 2.05) is 11.9 Å². The predicted molar refractivity (Wildman–Crippen MR) is 45.8 cm³/mol. The smallest absolute Gasteiger partial charge is 0.236 e. The molecule has 0 bridgehead atoms. The third-order valence-electron chi connectivity index (χ3n) is 2.10. The Hall–Kier alpha value is -0.610. The largest absolute Gasteiger partial charge is 0.395 e. The van der Waals surface area contributed by atoms with Gasteiger partial charge in [0.05, 0.1) is 13.2 Å². The Morgan fingerprint density at radius 2 is 2.25 bits per heavy atom. The van der Waals surface area contributed by atoms with Gasteiger partial charge >= 0.3 is 0 Å². The number of amides is 1. The number of carbonyl (C=O) groups is 1. The van der Waals surface area contributed by atoms with Gasteiger partial charge in [0.2, 0.25) is 5.91 Å². The third-order valence-corrected chi connectivity index (χ3v) is 2.10. The molecule has 0 spiro atoms. The second-order valence-corrected chi connectivity index (χ2v) is 3.20. The first-order valence-corrected chi connectivity index (χ1v) is 4.31. The van der Waals surface area contributed by atoms with Crippen LogP contribution in [-0.2, 0) is 4.79 Å². The van der Waals surface area contributed by atoms with Crippen LogP contribution in [0.15, 0.2) is 0 Å². The maximum absolute atomic E-state index is 11.4. The minimum Gasteiger partial charge on any atom is -0.395 e. The average Bonchev–Trinajstić information content (AvgIpc) is 2.15. The van der Waals surface area contributed by atoms with Gasteiger partial charge in [0.1, 0.15) is 0 Å². The van der Waals surface area contributed by atoms with Gasteiger partial charge in [0, 0.05) is 19.6 Å². The van der Waals surface area contributed by atoms with E-state index in [1.54, 1.807) is 4.90 Å². The van der Waals surface area contributed by atoms with Gasteiger partial charge in [0.25, 0.3) is 0 Å². The highest BCUT2D eigenvalue weighted by atomic mass is 16.3. The molecule has 0 aromatic carbocycles. The van der Waals surface area contributed by atoms with Gasteiger partial charge in [-0.05, 0) is 13.5 Å². The van der Waals surface area contributed by atoms with Gasteiger partial charge in [-0.2, -0.15) is 0 Å². The standard InChI is InChI=1S/C8H16N2O2/c1-9-3-2-4-10(5-6-11)8(12)7-9/h11H,2-7H2,1H3. The Morgan fingerprint density at radius 1 is 1.50 bits per heavy atom. The molecule has 0 atom stereocenters.